The summed E-state index contributed by atoms with van der Waals surface area (Å²) in [4.78, 5) is 60.3. The molecule has 2 N–H and O–H groups in total. The van der Waals surface area contributed by atoms with Crippen molar-refractivity contribution in [3.63, 3.8) is 0 Å². The zero-order valence-corrected chi connectivity index (χ0v) is 25.6. The van der Waals surface area contributed by atoms with Crippen LogP contribution in [0.3, 0.4) is 0 Å². The van der Waals surface area contributed by atoms with Gasteiger partial charge in [0.05, 0.1) is 10.9 Å². The maximum Gasteiger partial charge on any atom is 0.306 e. The minimum absolute atomic E-state index is 0.0901. The van der Waals surface area contributed by atoms with Crippen LogP contribution in [0.2, 0.25) is 0 Å². The maximum absolute atomic E-state index is 13.2. The fourth-order valence-corrected chi connectivity index (χ4v) is 6.66. The standard InChI is InChI=1S/C28H42N4O6S2/c1-16(2)22(32(5)25(34)9-8-19-6-7-19)14-23(38-18(4)33)27-31-21(15-40-27)26(35)30-20(12-17(3)28(36)37)13-24-29-10-11-39-24/h10-11,16-17,19-23H,6-9,12-15H2,1-5H3,(H,30,35)(H,36,37)/t17-,20+,21?,22?,23+/m0/s1. The largest absolute Gasteiger partial charge is 0.481 e. The molecule has 0 aromatic carbocycles. The van der Waals surface area contributed by atoms with E-state index in [4.69, 9.17) is 4.74 Å². The monoisotopic (exact) mass is 594 g/mol. The van der Waals surface area contributed by atoms with E-state index in [1.807, 2.05) is 26.3 Å². The summed E-state index contributed by atoms with van der Waals surface area (Å²) in [6.07, 6.45) is 5.95. The quantitative estimate of drug-likeness (QED) is 0.276. The lowest BCUT2D eigenvalue weighted by atomic mass is 9.96. The minimum atomic E-state index is -0.921. The molecule has 0 spiro atoms. The number of carbonyl (C=O) groups is 4. The SMILES string of the molecule is CC(=O)O[C@H](CC(C(C)C)N(C)C(=O)CCC1CC1)C1=NC(C(=O)N[C@@H](Cc2nccs2)C[C@H](C)C(=O)O)CS1. The van der Waals surface area contributed by atoms with Crippen molar-refractivity contribution in [1.29, 1.82) is 0 Å². The Labute approximate surface area is 244 Å². The van der Waals surface area contributed by atoms with Gasteiger partial charge in [-0.2, -0.15) is 0 Å². The Morgan fingerprint density at radius 3 is 2.50 bits per heavy atom. The van der Waals surface area contributed by atoms with E-state index in [2.05, 4.69) is 15.3 Å². The van der Waals surface area contributed by atoms with Crippen molar-refractivity contribution in [2.75, 3.05) is 12.8 Å². The highest BCUT2D eigenvalue weighted by molar-refractivity contribution is 8.14. The molecule has 5 atom stereocenters. The molecular formula is C28H42N4O6S2. The second-order valence-corrected chi connectivity index (χ2v) is 13.3. The number of aliphatic imine (C=N–C) groups is 1. The average Bonchev–Trinajstić information content (AvgIpc) is 3.33. The number of hydrogen-bond acceptors (Lipinski definition) is 9. The fraction of sp³-hybridized carbons (Fsp3) is 0.714. The summed E-state index contributed by atoms with van der Waals surface area (Å²) in [5, 5.41) is 15.6. The Morgan fingerprint density at radius 2 is 1.93 bits per heavy atom. The Bertz CT molecular complexity index is 1060. The number of carbonyl (C=O) groups excluding carboxylic acids is 3. The van der Waals surface area contributed by atoms with Gasteiger partial charge in [0, 0.05) is 62.6 Å². The molecule has 2 aliphatic rings. The zero-order valence-electron chi connectivity index (χ0n) is 24.0. The molecule has 3 rings (SSSR count). The minimum Gasteiger partial charge on any atom is -0.481 e. The molecule has 0 radical (unpaired) electrons. The summed E-state index contributed by atoms with van der Waals surface area (Å²) in [6, 6.07) is -1.25. The van der Waals surface area contributed by atoms with Crippen LogP contribution in [0.4, 0.5) is 0 Å². The van der Waals surface area contributed by atoms with Gasteiger partial charge in [0.2, 0.25) is 11.8 Å². The third kappa shape index (κ3) is 9.87. The van der Waals surface area contributed by atoms with Crippen LogP contribution in [0.25, 0.3) is 0 Å². The Balaban J connectivity index is 1.69. The number of hydrogen-bond donors (Lipinski definition) is 2. The number of thiazole rings is 1. The van der Waals surface area contributed by atoms with Gasteiger partial charge in [0.25, 0.3) is 0 Å². The molecule has 1 saturated carbocycles. The van der Waals surface area contributed by atoms with Crippen LogP contribution in [0.1, 0.15) is 71.2 Å². The van der Waals surface area contributed by atoms with E-state index in [1.165, 1.54) is 42.9 Å². The van der Waals surface area contributed by atoms with Crippen molar-refractivity contribution >= 4 is 51.9 Å². The fourth-order valence-electron chi connectivity index (χ4n) is 4.88. The lowest BCUT2D eigenvalue weighted by Gasteiger charge is -2.34. The molecule has 0 bridgehead atoms. The lowest BCUT2D eigenvalue weighted by Crippen LogP contribution is -2.44. The molecule has 10 nitrogen and oxygen atoms in total. The number of carboxylic acids is 1. The predicted octanol–water partition coefficient (Wildman–Crippen LogP) is 3.79. The molecule has 1 aromatic heterocycles. The maximum atomic E-state index is 13.2. The third-order valence-electron chi connectivity index (χ3n) is 7.45. The van der Waals surface area contributed by atoms with E-state index in [-0.39, 0.29) is 30.2 Å². The molecule has 0 saturated heterocycles. The summed E-state index contributed by atoms with van der Waals surface area (Å²) >= 11 is 2.84. The molecular weight excluding hydrogens is 552 g/mol. The Morgan fingerprint density at radius 1 is 1.20 bits per heavy atom. The number of aromatic nitrogens is 1. The molecule has 2 unspecified atom stereocenters. The van der Waals surface area contributed by atoms with Gasteiger partial charge in [-0.3, -0.25) is 24.2 Å². The summed E-state index contributed by atoms with van der Waals surface area (Å²) in [6.45, 7) is 7.05. The van der Waals surface area contributed by atoms with E-state index in [0.717, 1.165) is 11.4 Å². The zero-order chi connectivity index (χ0) is 29.4. The predicted molar refractivity (Wildman–Crippen MR) is 156 cm³/mol. The van der Waals surface area contributed by atoms with Gasteiger partial charge in [-0.25, -0.2) is 4.98 Å². The number of amides is 2. The molecule has 40 heavy (non-hydrogen) atoms. The second-order valence-electron chi connectivity index (χ2n) is 11.2. The van der Waals surface area contributed by atoms with Gasteiger partial charge in [-0.15, -0.1) is 23.1 Å². The summed E-state index contributed by atoms with van der Waals surface area (Å²) in [5.41, 5.74) is 0. The molecule has 12 heteroatoms. The van der Waals surface area contributed by atoms with Crippen molar-refractivity contribution in [2.45, 2.75) is 96.9 Å². The van der Waals surface area contributed by atoms with Crippen molar-refractivity contribution in [3.05, 3.63) is 16.6 Å². The topological polar surface area (TPSA) is 138 Å². The van der Waals surface area contributed by atoms with E-state index >= 15 is 0 Å². The Kier molecular flexibility index (Phi) is 12.0. The molecule has 1 fully saturated rings. The highest BCUT2D eigenvalue weighted by atomic mass is 32.2. The van der Waals surface area contributed by atoms with Crippen LogP contribution in [0, 0.1) is 17.8 Å². The van der Waals surface area contributed by atoms with E-state index in [9.17, 15) is 24.3 Å². The normalized spacial score (nSPS) is 19.9. The van der Waals surface area contributed by atoms with Crippen LogP contribution < -0.4 is 5.32 Å². The number of nitrogens with one attached hydrogen (secondary N) is 1. The molecule has 1 aliphatic carbocycles. The Hall–Kier alpha value is -2.47. The summed E-state index contributed by atoms with van der Waals surface area (Å²) < 4.78 is 5.68. The number of ether oxygens (including phenoxy) is 1. The number of esters is 1. The van der Waals surface area contributed by atoms with E-state index in [0.29, 0.717) is 36.0 Å². The van der Waals surface area contributed by atoms with Crippen molar-refractivity contribution < 1.29 is 29.0 Å². The first-order chi connectivity index (χ1) is 18.9. The van der Waals surface area contributed by atoms with Crippen LogP contribution in [-0.2, 0) is 30.3 Å². The molecule has 2 amide bonds. The number of thioether (sulfide) groups is 1. The highest BCUT2D eigenvalue weighted by Crippen LogP contribution is 2.34. The number of carboxylic acid groups (broad SMARTS) is 1. The van der Waals surface area contributed by atoms with Gasteiger partial charge < -0.3 is 20.1 Å². The molecule has 2 heterocycles. The van der Waals surface area contributed by atoms with Crippen molar-refractivity contribution in [1.82, 2.24) is 15.2 Å². The van der Waals surface area contributed by atoms with Crippen LogP contribution in [0.5, 0.6) is 0 Å². The second kappa shape index (κ2) is 15.0. The van der Waals surface area contributed by atoms with Gasteiger partial charge in [-0.05, 0) is 24.7 Å². The van der Waals surface area contributed by atoms with Crippen molar-refractivity contribution in [2.24, 2.45) is 22.7 Å². The first kappa shape index (κ1) is 32.0. The van der Waals surface area contributed by atoms with Gasteiger partial charge >= 0.3 is 11.9 Å². The molecule has 1 aliphatic heterocycles. The number of nitrogens with zero attached hydrogens (tertiary/aromatic N) is 3. The smallest absolute Gasteiger partial charge is 0.306 e. The molecule has 1 aromatic rings. The third-order valence-corrected chi connectivity index (χ3v) is 9.40. The van der Waals surface area contributed by atoms with Gasteiger partial charge in [0.1, 0.15) is 11.1 Å². The first-order valence-corrected chi connectivity index (χ1v) is 15.9. The average molecular weight is 595 g/mol. The number of rotatable bonds is 16. The van der Waals surface area contributed by atoms with E-state index in [1.54, 1.807) is 18.0 Å². The summed E-state index contributed by atoms with van der Waals surface area (Å²) in [7, 11) is 1.81. The number of aliphatic carboxylic acids is 1. The highest BCUT2D eigenvalue weighted by Gasteiger charge is 2.36. The molecule has 222 valence electrons. The van der Waals surface area contributed by atoms with Crippen LogP contribution >= 0.6 is 23.1 Å². The van der Waals surface area contributed by atoms with Crippen LogP contribution in [-0.4, -0.2) is 80.8 Å². The van der Waals surface area contributed by atoms with Crippen LogP contribution in [0.15, 0.2) is 16.6 Å². The first-order valence-electron chi connectivity index (χ1n) is 14.0. The van der Waals surface area contributed by atoms with E-state index < -0.39 is 36.0 Å². The van der Waals surface area contributed by atoms with Gasteiger partial charge in [-0.1, -0.05) is 33.6 Å². The lowest BCUT2D eigenvalue weighted by molar-refractivity contribution is -0.144. The summed E-state index contributed by atoms with van der Waals surface area (Å²) in [5.74, 6) is -1.02. The van der Waals surface area contributed by atoms with Gasteiger partial charge in [0.15, 0.2) is 6.10 Å². The van der Waals surface area contributed by atoms with Crippen molar-refractivity contribution in [3.8, 4) is 0 Å².